The Balaban J connectivity index is 0.915. The SMILES string of the molecule is [2H]c1c([2H])c([2H])c(-c2c([2H])c([2H])c3c(c2[2H])c2c([2H])c([2H])c([2H])c([2H])c2n3-c2ccc3c(c2)N2c4cc(C(C)(C)C)cc5c4B3c3ccc(-n4c6c([2H])c([2H])c([2H])c([2H])c6c6c([2H])c(-c7c([2H])c([2H])c([2H])c([2H])c7[2H])c([2H])c([2H])c64)cc3N5c3c(-c4ccccc4)cccc3-c3cccc(c3)-c3ccc4oc5ccc(cc5c4c3)-c3cccc(c3)-c3cccc(-c4ccccc4)c32)c([2H])c1[2H]. The monoisotopic (exact) mass is 1450 g/mol. The van der Waals surface area contributed by atoms with Crippen LogP contribution in [0.25, 0.3) is 166 Å². The summed E-state index contributed by atoms with van der Waals surface area (Å²) in [5.74, 6) is 0. The van der Waals surface area contributed by atoms with Crippen LogP contribution in [0.15, 0.2) is 380 Å². The molecule has 0 unspecified atom stereocenters. The van der Waals surface area contributed by atoms with Gasteiger partial charge < -0.3 is 23.4 Å². The highest BCUT2D eigenvalue weighted by atomic mass is 16.3. The van der Waals surface area contributed by atoms with E-state index < -0.39 is 179 Å². The standard InChI is InChI=1S/C106H71BN4O/c1-106(2,3)78-62-99-103-100(63-78)111-98-65-80(109-94-43-19-17-37-86(94)88-59-73(45-53-96(88)109)67-26-10-5-11-27-67)49-51-92(98)107(103)91-50-48-79(108-93-42-18-16-36-85(93)87-58-72(44-52-95(87)108)66-24-8-4-9-25-66)64-97(91)110(99)104-81(68-28-12-6-13-29-68)38-22-40-83(104)76-34-20-32-70(56-76)74-46-54-101-89(60-74)90-61-75(47-55-102(90)112-101)71-33-21-35-77(57-71)84-41-23-39-82(105(84)111)69-30-14-7-15-31-69/h4-65H,1-3H3/i4D,5D,8D,9D,10D,11D,16D,17D,18D,19D,24D,25D,26D,27D,36D,37D,42D,43D,44D,45D,52D,53D,58D,59D. The fourth-order valence-corrected chi connectivity index (χ4v) is 17.3. The Bertz CT molecular complexity index is 8320. The van der Waals surface area contributed by atoms with Gasteiger partial charge in [-0.25, -0.2) is 0 Å². The van der Waals surface area contributed by atoms with E-state index in [9.17, 15) is 24.7 Å². The molecule has 3 aliphatic heterocycles. The summed E-state index contributed by atoms with van der Waals surface area (Å²) in [7, 11) is 0. The smallest absolute Gasteiger partial charge is 0.252 e. The van der Waals surface area contributed by atoms with Crippen LogP contribution in [-0.4, -0.2) is 15.8 Å². The summed E-state index contributed by atoms with van der Waals surface area (Å²) in [5, 5.41) is 0.705. The van der Waals surface area contributed by atoms with Crippen molar-refractivity contribution in [3.63, 3.8) is 0 Å². The highest BCUT2D eigenvalue weighted by molar-refractivity contribution is 7.00. The molecule has 0 atom stereocenters. The lowest BCUT2D eigenvalue weighted by Crippen LogP contribution is -2.61. The van der Waals surface area contributed by atoms with Gasteiger partial charge in [0.15, 0.2) is 0 Å². The van der Waals surface area contributed by atoms with Crippen LogP contribution >= 0.6 is 0 Å². The van der Waals surface area contributed by atoms with Crippen LogP contribution in [0.4, 0.5) is 34.1 Å². The van der Waals surface area contributed by atoms with Gasteiger partial charge in [-0.3, -0.25) is 0 Å². The highest BCUT2D eigenvalue weighted by Gasteiger charge is 2.46. The minimum atomic E-state index is -0.924. The second-order valence-electron chi connectivity index (χ2n) is 29.7. The Morgan fingerprint density at radius 3 is 1.13 bits per heavy atom. The van der Waals surface area contributed by atoms with Gasteiger partial charge in [-0.15, -0.1) is 0 Å². The normalized spacial score (nSPS) is 15.7. The molecule has 0 N–H and O–H groups in total. The van der Waals surface area contributed by atoms with Gasteiger partial charge in [0, 0.05) is 88.7 Å². The molecule has 5 nitrogen and oxygen atoms in total. The summed E-state index contributed by atoms with van der Waals surface area (Å²) in [6.45, 7) is 5.43. The predicted octanol–water partition coefficient (Wildman–Crippen LogP) is 26.8. The van der Waals surface area contributed by atoms with E-state index in [1.807, 2.05) is 121 Å². The van der Waals surface area contributed by atoms with Crippen LogP contribution in [0.3, 0.4) is 0 Å². The van der Waals surface area contributed by atoms with Crippen molar-refractivity contribution >= 4 is 123 Å². The average molecular weight is 1450 g/mol. The van der Waals surface area contributed by atoms with Gasteiger partial charge >= 0.3 is 0 Å². The molecule has 112 heavy (non-hydrogen) atoms. The number of fused-ring (bicyclic) bond motifs is 26. The molecule has 13 bridgehead atoms. The van der Waals surface area contributed by atoms with E-state index >= 15 is 0 Å². The first-order chi connectivity index (χ1) is 65.2. The number of nitrogens with zero attached hydrogens (tertiary/aromatic N) is 4. The average Bonchev–Trinajstić information content (AvgIpc) is 1.68. The lowest BCUT2D eigenvalue weighted by molar-refractivity contribution is 0.590. The summed E-state index contributed by atoms with van der Waals surface area (Å²) in [6, 6.07) is 60.0. The Morgan fingerprint density at radius 2 is 0.679 bits per heavy atom. The number of rotatable bonds is 6. The third-order valence-electron chi connectivity index (χ3n) is 22.4. The van der Waals surface area contributed by atoms with Crippen molar-refractivity contribution in [1.29, 1.82) is 0 Å². The van der Waals surface area contributed by atoms with Gasteiger partial charge in [0.05, 0.1) is 66.3 Å². The number of hydrogen-bond donors (Lipinski definition) is 0. The molecule has 0 saturated heterocycles. The zero-order chi connectivity index (χ0) is 94.9. The van der Waals surface area contributed by atoms with Gasteiger partial charge in [0.1, 0.15) is 11.2 Å². The van der Waals surface area contributed by atoms with Gasteiger partial charge in [0.2, 0.25) is 0 Å². The molecule has 23 rings (SSSR count). The van der Waals surface area contributed by atoms with E-state index in [1.165, 1.54) is 9.13 Å². The molecular weight excluding hydrogens is 1360 g/mol. The number of hydrogen-bond acceptors (Lipinski definition) is 3. The second kappa shape index (κ2) is 24.7. The Labute approximate surface area is 683 Å². The molecule has 0 radical (unpaired) electrons. The fraction of sp³-hybridized carbons (Fsp3) is 0.0377. The van der Waals surface area contributed by atoms with Crippen molar-refractivity contribution in [2.75, 3.05) is 9.80 Å². The van der Waals surface area contributed by atoms with Crippen LogP contribution in [-0.2, 0) is 5.41 Å². The zero-order valence-electron chi connectivity index (χ0n) is 84.2. The van der Waals surface area contributed by atoms with Crippen molar-refractivity contribution < 1.29 is 37.3 Å². The van der Waals surface area contributed by atoms with Crippen molar-refractivity contribution in [1.82, 2.24) is 9.13 Å². The topological polar surface area (TPSA) is 29.5 Å². The molecule has 0 saturated carbocycles. The van der Waals surface area contributed by atoms with E-state index in [1.54, 1.807) is 12.1 Å². The Hall–Kier alpha value is -14.2. The minimum absolute atomic E-state index is 0.162. The number of aromatic nitrogens is 2. The molecular formula is C106H71BN4O. The van der Waals surface area contributed by atoms with Gasteiger partial charge in [-0.05, 0) is 203 Å². The van der Waals surface area contributed by atoms with E-state index in [0.717, 1.165) is 88.6 Å². The zero-order valence-corrected chi connectivity index (χ0v) is 60.2. The first-order valence-electron chi connectivity index (χ1n) is 49.0. The van der Waals surface area contributed by atoms with Gasteiger partial charge in [0.25, 0.3) is 6.71 Å². The lowest BCUT2D eigenvalue weighted by atomic mass is 9.33. The lowest BCUT2D eigenvalue weighted by Gasteiger charge is -2.46. The van der Waals surface area contributed by atoms with Crippen LogP contribution in [0.5, 0.6) is 0 Å². The van der Waals surface area contributed by atoms with E-state index in [0.29, 0.717) is 56.2 Å². The maximum atomic E-state index is 10.4. The molecule has 0 fully saturated rings. The van der Waals surface area contributed by atoms with E-state index in [4.69, 9.17) is 12.6 Å². The minimum Gasteiger partial charge on any atom is -0.456 e. The molecule has 6 heterocycles. The summed E-state index contributed by atoms with van der Waals surface area (Å²) >= 11 is 0. The van der Waals surface area contributed by atoms with Crippen LogP contribution < -0.4 is 26.2 Å². The van der Waals surface area contributed by atoms with Crippen molar-refractivity contribution in [3.05, 3.63) is 381 Å². The molecule has 524 valence electrons. The largest absolute Gasteiger partial charge is 0.456 e. The first-order valence-corrected chi connectivity index (χ1v) is 37.0. The van der Waals surface area contributed by atoms with Crippen molar-refractivity contribution in [2.24, 2.45) is 0 Å². The van der Waals surface area contributed by atoms with E-state index in [-0.39, 0.29) is 55.0 Å². The number of para-hydroxylation sites is 4. The molecule has 3 aromatic heterocycles. The molecule has 0 aliphatic carbocycles. The summed E-state index contributed by atoms with van der Waals surface area (Å²) in [5.41, 5.74) is 13.7. The van der Waals surface area contributed by atoms with Gasteiger partial charge in [-0.2, -0.15) is 0 Å². The number of furan rings is 1. The maximum absolute atomic E-state index is 10.4. The summed E-state index contributed by atoms with van der Waals surface area (Å²) < 4.78 is 238. The predicted molar refractivity (Wildman–Crippen MR) is 472 cm³/mol. The van der Waals surface area contributed by atoms with Crippen molar-refractivity contribution in [3.8, 4) is 100 Å². The third-order valence-corrected chi connectivity index (χ3v) is 22.4. The molecule has 20 aromatic rings. The molecule has 0 amide bonds. The fourth-order valence-electron chi connectivity index (χ4n) is 17.3. The number of anilines is 6. The van der Waals surface area contributed by atoms with Crippen LogP contribution in [0.1, 0.15) is 59.2 Å². The summed E-state index contributed by atoms with van der Waals surface area (Å²) in [4.78, 5) is 4.48. The first kappa shape index (κ1) is 44.3. The van der Waals surface area contributed by atoms with Crippen LogP contribution in [0.2, 0.25) is 0 Å². The van der Waals surface area contributed by atoms with Gasteiger partial charge in [-0.1, -0.05) is 287 Å². The molecule has 17 aromatic carbocycles. The van der Waals surface area contributed by atoms with Crippen LogP contribution in [0, 0.1) is 0 Å². The van der Waals surface area contributed by atoms with E-state index in [2.05, 4.69) is 128 Å². The number of benzene rings is 17. The Kier molecular flexibility index (Phi) is 9.76. The maximum Gasteiger partial charge on any atom is 0.252 e. The Morgan fingerprint density at radius 1 is 0.286 bits per heavy atom. The molecule has 0 spiro atoms. The highest BCUT2D eigenvalue weighted by Crippen LogP contribution is 2.55. The van der Waals surface area contributed by atoms with Crippen molar-refractivity contribution in [2.45, 2.75) is 26.2 Å². The second-order valence-corrected chi connectivity index (χ2v) is 29.7. The third kappa shape index (κ3) is 9.84. The molecule has 6 heteroatoms. The quantitative estimate of drug-likeness (QED) is 0.155. The molecule has 3 aliphatic rings. The summed E-state index contributed by atoms with van der Waals surface area (Å²) in [6.07, 6.45) is 0.